The van der Waals surface area contributed by atoms with Crippen molar-refractivity contribution in [3.8, 4) is 11.3 Å². The summed E-state index contributed by atoms with van der Waals surface area (Å²) in [5.41, 5.74) is 4.35. The number of esters is 1. The number of carbonyl (C=O) groups is 2. The predicted molar refractivity (Wildman–Crippen MR) is 155 cm³/mol. The Bertz CT molecular complexity index is 1640. The minimum atomic E-state index is -0.411. The van der Waals surface area contributed by atoms with Gasteiger partial charge in [-0.05, 0) is 31.2 Å². The molecule has 1 amide bonds. The first kappa shape index (κ1) is 26.5. The van der Waals surface area contributed by atoms with Crippen LogP contribution in [-0.2, 0) is 21.8 Å². The number of para-hydroxylation sites is 1. The third-order valence-electron chi connectivity index (χ3n) is 5.97. The molecular formula is C30H25ClN4O3S. The Hall–Kier alpha value is -4.14. The van der Waals surface area contributed by atoms with E-state index in [1.54, 1.807) is 19.2 Å². The van der Waals surface area contributed by atoms with E-state index in [0.29, 0.717) is 27.9 Å². The Labute approximate surface area is 235 Å². The summed E-state index contributed by atoms with van der Waals surface area (Å²) in [5, 5.41) is 8.91. The Morgan fingerprint density at radius 3 is 2.56 bits per heavy atom. The van der Waals surface area contributed by atoms with E-state index in [1.807, 2.05) is 78.9 Å². The van der Waals surface area contributed by atoms with Crippen molar-refractivity contribution in [2.45, 2.75) is 24.1 Å². The van der Waals surface area contributed by atoms with Crippen LogP contribution in [-0.4, -0.2) is 33.2 Å². The number of halogens is 1. The maximum absolute atomic E-state index is 13.3. The lowest BCUT2D eigenvalue weighted by Crippen LogP contribution is -2.14. The summed E-state index contributed by atoms with van der Waals surface area (Å²) in [6.45, 7) is 1.94. The molecule has 5 rings (SSSR count). The molecule has 0 saturated carbocycles. The summed E-state index contributed by atoms with van der Waals surface area (Å²) < 4.78 is 6.55. The minimum Gasteiger partial charge on any atom is -0.465 e. The third-order valence-corrected chi connectivity index (χ3v) is 7.49. The van der Waals surface area contributed by atoms with E-state index in [1.165, 1.54) is 16.4 Å². The molecule has 0 unspecified atom stereocenters. The van der Waals surface area contributed by atoms with Gasteiger partial charge in [-0.1, -0.05) is 72.3 Å². The van der Waals surface area contributed by atoms with Crippen LogP contribution in [0.25, 0.3) is 22.2 Å². The fourth-order valence-corrected chi connectivity index (χ4v) is 5.53. The SMILES string of the molecule is CCOC(=O)Cn1nc(-c2ccccc2)c(CSc2ccccc2C(=O)Nc2cnc3ccccc3c2)c1Cl. The maximum atomic E-state index is 13.3. The zero-order valence-corrected chi connectivity index (χ0v) is 22.7. The number of amides is 1. The summed E-state index contributed by atoms with van der Waals surface area (Å²) in [4.78, 5) is 30.6. The molecule has 0 atom stereocenters. The molecule has 196 valence electrons. The number of rotatable bonds is 9. The van der Waals surface area contributed by atoms with E-state index in [9.17, 15) is 9.59 Å². The number of fused-ring (bicyclic) bond motifs is 1. The van der Waals surface area contributed by atoms with Gasteiger partial charge in [0.05, 0.1) is 35.3 Å². The van der Waals surface area contributed by atoms with Gasteiger partial charge in [0.1, 0.15) is 11.7 Å². The number of carbonyl (C=O) groups excluding carboxylic acids is 2. The topological polar surface area (TPSA) is 86.1 Å². The number of benzene rings is 3. The zero-order valence-electron chi connectivity index (χ0n) is 21.1. The zero-order chi connectivity index (χ0) is 27.2. The first-order chi connectivity index (χ1) is 19.0. The Balaban J connectivity index is 1.39. The van der Waals surface area contributed by atoms with Crippen molar-refractivity contribution < 1.29 is 14.3 Å². The average Bonchev–Trinajstić information content (AvgIpc) is 3.27. The number of anilines is 1. The molecule has 0 bridgehead atoms. The Morgan fingerprint density at radius 2 is 1.74 bits per heavy atom. The summed E-state index contributed by atoms with van der Waals surface area (Å²) in [6.07, 6.45) is 1.65. The summed E-state index contributed by atoms with van der Waals surface area (Å²) in [6, 6.07) is 26.7. The monoisotopic (exact) mass is 556 g/mol. The molecular weight excluding hydrogens is 532 g/mol. The lowest BCUT2D eigenvalue weighted by atomic mass is 10.1. The van der Waals surface area contributed by atoms with Crippen LogP contribution in [0.3, 0.4) is 0 Å². The van der Waals surface area contributed by atoms with E-state index >= 15 is 0 Å². The maximum Gasteiger partial charge on any atom is 0.327 e. The van der Waals surface area contributed by atoms with Crippen LogP contribution < -0.4 is 5.32 Å². The number of hydrogen-bond acceptors (Lipinski definition) is 6. The van der Waals surface area contributed by atoms with Crippen LogP contribution in [0.5, 0.6) is 0 Å². The number of nitrogens with one attached hydrogen (secondary N) is 1. The van der Waals surface area contributed by atoms with Gasteiger partial charge in [0.2, 0.25) is 0 Å². The van der Waals surface area contributed by atoms with Crippen molar-refractivity contribution in [3.05, 3.63) is 107 Å². The van der Waals surface area contributed by atoms with Crippen molar-refractivity contribution in [2.75, 3.05) is 11.9 Å². The van der Waals surface area contributed by atoms with Crippen LogP contribution in [0.1, 0.15) is 22.8 Å². The van der Waals surface area contributed by atoms with E-state index < -0.39 is 5.97 Å². The molecule has 0 aliphatic rings. The Kier molecular flexibility index (Phi) is 8.24. The molecule has 0 radical (unpaired) electrons. The van der Waals surface area contributed by atoms with Gasteiger partial charge in [-0.15, -0.1) is 11.8 Å². The number of ether oxygens (including phenoxy) is 1. The number of aromatic nitrogens is 3. The van der Waals surface area contributed by atoms with Crippen molar-refractivity contribution >= 4 is 51.8 Å². The van der Waals surface area contributed by atoms with Gasteiger partial charge in [0, 0.05) is 27.2 Å². The van der Waals surface area contributed by atoms with Crippen LogP contribution in [0, 0.1) is 0 Å². The predicted octanol–water partition coefficient (Wildman–Crippen LogP) is 6.86. The quantitative estimate of drug-likeness (QED) is 0.158. The van der Waals surface area contributed by atoms with Crippen molar-refractivity contribution in [2.24, 2.45) is 0 Å². The van der Waals surface area contributed by atoms with Gasteiger partial charge in [-0.3, -0.25) is 14.6 Å². The van der Waals surface area contributed by atoms with Crippen LogP contribution in [0.15, 0.2) is 96.0 Å². The molecule has 2 aromatic heterocycles. The summed E-state index contributed by atoms with van der Waals surface area (Å²) in [5.74, 6) is -0.207. The van der Waals surface area contributed by atoms with Gasteiger partial charge >= 0.3 is 5.97 Å². The molecule has 0 spiro atoms. The highest BCUT2D eigenvalue weighted by Crippen LogP contribution is 2.35. The lowest BCUT2D eigenvalue weighted by molar-refractivity contribution is -0.144. The molecule has 5 aromatic rings. The average molecular weight is 557 g/mol. The van der Waals surface area contributed by atoms with Crippen molar-refractivity contribution in [1.29, 1.82) is 0 Å². The standard InChI is InChI=1S/C30H25ClN4O3S/c1-2-38-27(36)18-35-29(31)24(28(34-35)20-10-4-3-5-11-20)19-39-26-15-9-7-13-23(26)30(37)33-22-16-21-12-6-8-14-25(21)32-17-22/h3-17H,2,18-19H2,1H3,(H,33,37). The van der Waals surface area contributed by atoms with E-state index in [2.05, 4.69) is 15.4 Å². The lowest BCUT2D eigenvalue weighted by Gasteiger charge is -2.11. The minimum absolute atomic E-state index is 0.0873. The fourth-order valence-electron chi connectivity index (χ4n) is 4.14. The summed E-state index contributed by atoms with van der Waals surface area (Å²) >= 11 is 8.22. The molecule has 9 heteroatoms. The molecule has 39 heavy (non-hydrogen) atoms. The smallest absolute Gasteiger partial charge is 0.327 e. The van der Waals surface area contributed by atoms with Gasteiger partial charge in [-0.2, -0.15) is 5.10 Å². The third kappa shape index (κ3) is 6.13. The Morgan fingerprint density at radius 1 is 1.00 bits per heavy atom. The number of pyridine rings is 1. The molecule has 0 aliphatic carbocycles. The van der Waals surface area contributed by atoms with E-state index in [-0.39, 0.29) is 19.1 Å². The van der Waals surface area contributed by atoms with Gasteiger partial charge in [-0.25, -0.2) is 4.68 Å². The highest BCUT2D eigenvalue weighted by molar-refractivity contribution is 7.98. The second-order valence-corrected chi connectivity index (χ2v) is 9.98. The molecule has 0 fully saturated rings. The van der Waals surface area contributed by atoms with Crippen LogP contribution in [0.4, 0.5) is 5.69 Å². The first-order valence-corrected chi connectivity index (χ1v) is 13.7. The largest absolute Gasteiger partial charge is 0.465 e. The first-order valence-electron chi connectivity index (χ1n) is 12.4. The number of thioether (sulfide) groups is 1. The second kappa shape index (κ2) is 12.1. The molecule has 7 nitrogen and oxygen atoms in total. The number of nitrogens with zero attached hydrogens (tertiary/aromatic N) is 3. The van der Waals surface area contributed by atoms with Crippen LogP contribution in [0.2, 0.25) is 5.15 Å². The second-order valence-electron chi connectivity index (χ2n) is 8.60. The van der Waals surface area contributed by atoms with E-state index in [4.69, 9.17) is 16.3 Å². The van der Waals surface area contributed by atoms with Crippen molar-refractivity contribution in [3.63, 3.8) is 0 Å². The molecule has 0 saturated heterocycles. The normalized spacial score (nSPS) is 10.9. The van der Waals surface area contributed by atoms with Gasteiger partial charge < -0.3 is 10.1 Å². The molecule has 2 heterocycles. The summed E-state index contributed by atoms with van der Waals surface area (Å²) in [7, 11) is 0. The highest BCUT2D eigenvalue weighted by atomic mass is 35.5. The van der Waals surface area contributed by atoms with Crippen LogP contribution >= 0.6 is 23.4 Å². The van der Waals surface area contributed by atoms with Gasteiger partial charge in [0.25, 0.3) is 5.91 Å². The molecule has 0 aliphatic heterocycles. The molecule has 3 aromatic carbocycles. The van der Waals surface area contributed by atoms with Gasteiger partial charge in [0.15, 0.2) is 0 Å². The fraction of sp³-hybridized carbons (Fsp3) is 0.133. The number of hydrogen-bond donors (Lipinski definition) is 1. The highest BCUT2D eigenvalue weighted by Gasteiger charge is 2.21. The van der Waals surface area contributed by atoms with Crippen molar-refractivity contribution in [1.82, 2.24) is 14.8 Å². The molecule has 1 N–H and O–H groups in total. The van der Waals surface area contributed by atoms with E-state index in [0.717, 1.165) is 26.9 Å².